The minimum atomic E-state index is -0.243. The molecule has 17 aromatic carbocycles. The molecule has 2 aliphatic carbocycles. The van der Waals surface area contributed by atoms with Crippen LogP contribution in [0.2, 0.25) is 0 Å². The van der Waals surface area contributed by atoms with Crippen molar-refractivity contribution in [1.82, 2.24) is 0 Å². The van der Waals surface area contributed by atoms with E-state index in [-0.39, 0.29) is 10.8 Å². The molecule has 0 aromatic heterocycles. The fourth-order valence-corrected chi connectivity index (χ4v) is 17.0. The zero-order valence-electron chi connectivity index (χ0n) is 59.8. The van der Waals surface area contributed by atoms with Gasteiger partial charge in [0.1, 0.15) is 0 Å². The lowest BCUT2D eigenvalue weighted by Crippen LogP contribution is -2.16. The molecule has 19 rings (SSSR count). The summed E-state index contributed by atoms with van der Waals surface area (Å²) in [7, 11) is 0. The maximum absolute atomic E-state index is 2.44. The summed E-state index contributed by atoms with van der Waals surface area (Å²) in [5.41, 5.74) is 31.1. The molecule has 0 atom stereocenters. The van der Waals surface area contributed by atoms with Crippen LogP contribution in [0, 0.1) is 0 Å². The lowest BCUT2D eigenvalue weighted by atomic mass is 9.81. The minimum absolute atomic E-state index is 0.243. The average molecular weight is 1350 g/mol. The highest BCUT2D eigenvalue weighted by atomic mass is 15.1. The number of rotatable bonds is 14. The summed E-state index contributed by atoms with van der Waals surface area (Å²) in [4.78, 5) is 4.85. The monoisotopic (exact) mass is 1350 g/mol. The summed E-state index contributed by atoms with van der Waals surface area (Å²) in [6, 6.07) is 135. The predicted octanol–water partition coefficient (Wildman–Crippen LogP) is 28.9. The first-order chi connectivity index (χ1) is 52.0. The summed E-state index contributed by atoms with van der Waals surface area (Å²) in [5.74, 6) is 0. The normalized spacial score (nSPS) is 13.2. The Kier molecular flexibility index (Phi) is 15.6. The van der Waals surface area contributed by atoms with Crippen LogP contribution in [0.15, 0.2) is 364 Å². The summed E-state index contributed by atoms with van der Waals surface area (Å²) in [6.45, 7) is 9.55. The van der Waals surface area contributed by atoms with Crippen molar-refractivity contribution in [3.63, 3.8) is 0 Å². The molecule has 106 heavy (non-hydrogen) atoms. The van der Waals surface area contributed by atoms with E-state index in [4.69, 9.17) is 0 Å². The molecule has 0 saturated carbocycles. The Bertz CT molecular complexity index is 5690. The second-order valence-electron chi connectivity index (χ2n) is 29.6. The minimum Gasteiger partial charge on any atom is -0.310 e. The van der Waals surface area contributed by atoms with Gasteiger partial charge in [-0.05, 0) is 227 Å². The quantitative estimate of drug-likeness (QED) is 0.100. The number of nitrogens with zero attached hydrogens (tertiary/aromatic N) is 2. The molecule has 2 heteroatoms. The molecule has 0 amide bonds. The van der Waals surface area contributed by atoms with Crippen molar-refractivity contribution in [3.8, 4) is 66.8 Å². The Hall–Kier alpha value is -13.1. The van der Waals surface area contributed by atoms with Crippen LogP contribution >= 0.6 is 0 Å². The molecule has 0 spiro atoms. The zero-order chi connectivity index (χ0) is 71.0. The van der Waals surface area contributed by atoms with Crippen molar-refractivity contribution >= 4 is 102 Å². The largest absolute Gasteiger partial charge is 0.310 e. The molecular weight excluding hydrogens is 1280 g/mol. The molecule has 0 saturated heterocycles. The van der Waals surface area contributed by atoms with Gasteiger partial charge in [-0.15, -0.1) is 0 Å². The van der Waals surface area contributed by atoms with Crippen molar-refractivity contribution in [2.24, 2.45) is 0 Å². The van der Waals surface area contributed by atoms with Crippen LogP contribution in [-0.4, -0.2) is 0 Å². The second-order valence-corrected chi connectivity index (χ2v) is 29.6. The third-order valence-electron chi connectivity index (χ3n) is 22.7. The summed E-state index contributed by atoms with van der Waals surface area (Å²) >= 11 is 0. The fraction of sp³-hybridized carbons (Fsp3) is 0.0577. The maximum atomic E-state index is 2.44. The summed E-state index contributed by atoms with van der Waals surface area (Å²) in [5, 5.41) is 10.00. The second kappa shape index (κ2) is 26.0. The highest BCUT2D eigenvalue weighted by Crippen LogP contribution is 2.54. The van der Waals surface area contributed by atoms with Crippen LogP contribution in [0.3, 0.4) is 0 Å². The number of anilines is 6. The molecule has 0 aliphatic heterocycles. The van der Waals surface area contributed by atoms with Crippen LogP contribution in [0.25, 0.3) is 134 Å². The summed E-state index contributed by atoms with van der Waals surface area (Å²) < 4.78 is 0. The third-order valence-corrected chi connectivity index (χ3v) is 22.7. The van der Waals surface area contributed by atoms with E-state index < -0.39 is 0 Å². The zero-order valence-corrected chi connectivity index (χ0v) is 59.8. The smallest absolute Gasteiger partial charge is 0.0465 e. The average Bonchev–Trinajstić information content (AvgIpc) is 1.56. The van der Waals surface area contributed by atoms with Crippen LogP contribution < -0.4 is 9.80 Å². The SMILES string of the molecule is CC1(C)c2cc(C=Cc3ccc(C=Cc4ccc5c(c4)C(C)(C)c4cc(N(c6ccc(-c7cccc8ccccc78)cc6)c6ccc(-c7cccc8ccccc78)cc6)ccc4-5)cc3)ccc2-c2ccc(N(c3ccc(-c4cccc5ccccc45)cc3)c3ccc(-c4cccc5ccccc45)cc3)cc21. The lowest BCUT2D eigenvalue weighted by molar-refractivity contribution is 0.660. The molecule has 2 nitrogen and oxygen atoms in total. The Morgan fingerprint density at radius 3 is 0.708 bits per heavy atom. The van der Waals surface area contributed by atoms with Crippen molar-refractivity contribution < 1.29 is 0 Å². The van der Waals surface area contributed by atoms with Gasteiger partial charge >= 0.3 is 0 Å². The van der Waals surface area contributed by atoms with Crippen LogP contribution in [0.1, 0.15) is 72.2 Å². The molecule has 0 heterocycles. The Labute approximate surface area is 621 Å². The Morgan fingerprint density at radius 1 is 0.189 bits per heavy atom. The van der Waals surface area contributed by atoms with E-state index >= 15 is 0 Å². The Balaban J connectivity index is 0.568. The molecule has 0 fully saturated rings. The number of fused-ring (bicyclic) bond motifs is 10. The van der Waals surface area contributed by atoms with Gasteiger partial charge in [-0.2, -0.15) is 0 Å². The molecule has 0 radical (unpaired) electrons. The van der Waals surface area contributed by atoms with Gasteiger partial charge in [-0.1, -0.05) is 343 Å². The number of hydrogen-bond acceptors (Lipinski definition) is 2. The predicted molar refractivity (Wildman–Crippen MR) is 453 cm³/mol. The Morgan fingerprint density at radius 2 is 0.415 bits per heavy atom. The van der Waals surface area contributed by atoms with Gasteiger partial charge in [-0.25, -0.2) is 0 Å². The fourth-order valence-electron chi connectivity index (χ4n) is 17.0. The number of benzene rings is 17. The topological polar surface area (TPSA) is 6.48 Å². The van der Waals surface area contributed by atoms with E-state index in [0.29, 0.717) is 0 Å². The lowest BCUT2D eigenvalue weighted by Gasteiger charge is -2.28. The van der Waals surface area contributed by atoms with Gasteiger partial charge in [0.05, 0.1) is 0 Å². The van der Waals surface area contributed by atoms with E-state index in [0.717, 1.165) is 45.3 Å². The molecule has 0 unspecified atom stereocenters. The van der Waals surface area contributed by atoms with Gasteiger partial charge < -0.3 is 9.80 Å². The maximum Gasteiger partial charge on any atom is 0.0465 e. The van der Waals surface area contributed by atoms with Gasteiger partial charge in [0.25, 0.3) is 0 Å². The van der Waals surface area contributed by atoms with Crippen LogP contribution in [-0.2, 0) is 10.8 Å². The van der Waals surface area contributed by atoms with Crippen molar-refractivity contribution in [2.75, 3.05) is 9.80 Å². The van der Waals surface area contributed by atoms with E-state index in [1.807, 2.05) is 0 Å². The first-order valence-electron chi connectivity index (χ1n) is 37.0. The van der Waals surface area contributed by atoms with Gasteiger partial charge in [-0.3, -0.25) is 0 Å². The molecule has 0 bridgehead atoms. The van der Waals surface area contributed by atoms with E-state index in [2.05, 4.69) is 426 Å². The molecule has 17 aromatic rings. The first kappa shape index (κ1) is 63.8. The standard InChI is InChI=1S/C104H76N2/c1-103(2)99-65-71(41-61-95(99)97-63-59-85(67-101(97)103)105(81-51-43-77(44-52-81)91-29-13-21-73-17-5-9-25-87(73)91)82-53-45-78(46-54-82)92-30-14-22-74-18-6-10-26-88(74)92)39-37-69-33-35-70(36-34-69)38-40-72-42-62-96-98-64-60-86(68-102(98)104(3,4)100(96)66-72)106(83-55-47-79(48-56-83)93-31-15-23-75-19-7-11-27-89(75)93)84-57-49-80(50-58-84)94-32-16-24-76-20-8-12-28-90(76)94/h5-68H,1-4H3. The van der Waals surface area contributed by atoms with Gasteiger partial charge in [0.2, 0.25) is 0 Å². The third kappa shape index (κ3) is 11.3. The molecule has 502 valence electrons. The highest BCUT2D eigenvalue weighted by Gasteiger charge is 2.38. The molecule has 0 N–H and O–H groups in total. The van der Waals surface area contributed by atoms with Crippen molar-refractivity contribution in [3.05, 3.63) is 408 Å². The van der Waals surface area contributed by atoms with Crippen LogP contribution in [0.4, 0.5) is 34.1 Å². The van der Waals surface area contributed by atoms with Crippen molar-refractivity contribution in [2.45, 2.75) is 38.5 Å². The van der Waals surface area contributed by atoms with E-state index in [1.165, 1.54) is 143 Å². The summed E-state index contributed by atoms with van der Waals surface area (Å²) in [6.07, 6.45) is 9.02. The van der Waals surface area contributed by atoms with E-state index in [1.54, 1.807) is 0 Å². The van der Waals surface area contributed by atoms with Crippen LogP contribution in [0.5, 0.6) is 0 Å². The van der Waals surface area contributed by atoms with Gasteiger partial charge in [0.15, 0.2) is 0 Å². The van der Waals surface area contributed by atoms with E-state index in [9.17, 15) is 0 Å². The number of hydrogen-bond donors (Lipinski definition) is 0. The first-order valence-corrected chi connectivity index (χ1v) is 37.0. The highest BCUT2D eigenvalue weighted by molar-refractivity contribution is 6.02. The molecule has 2 aliphatic rings. The molecular formula is C104H76N2. The van der Waals surface area contributed by atoms with Gasteiger partial charge in [0, 0.05) is 45.0 Å². The van der Waals surface area contributed by atoms with Crippen molar-refractivity contribution in [1.29, 1.82) is 0 Å².